The summed E-state index contributed by atoms with van der Waals surface area (Å²) in [6.45, 7) is 4.88. The molecule has 0 saturated carbocycles. The molecule has 0 bridgehead atoms. The largest absolute Gasteiger partial charge is 0.443 e. The van der Waals surface area contributed by atoms with Gasteiger partial charge in [-0.1, -0.05) is 24.3 Å². The standard InChI is InChI=1S/C17H15N3O/c1-10-4-3-5-11(2)15(10)20-17-14-12(8-18-17)6-7-13-16(14)21-9-19-13/h3-7,9H,8H2,1-2H3,(H,18,20). The summed E-state index contributed by atoms with van der Waals surface area (Å²) in [5.41, 5.74) is 7.40. The number of nitrogens with one attached hydrogen (secondary N) is 1. The van der Waals surface area contributed by atoms with Gasteiger partial charge in [-0.25, -0.2) is 4.98 Å². The van der Waals surface area contributed by atoms with Crippen molar-refractivity contribution in [3.8, 4) is 0 Å². The lowest BCUT2D eigenvalue weighted by molar-refractivity contribution is 0.601. The first-order chi connectivity index (χ1) is 10.2. The van der Waals surface area contributed by atoms with Crippen LogP contribution in [0.25, 0.3) is 11.1 Å². The van der Waals surface area contributed by atoms with Crippen LogP contribution in [0.3, 0.4) is 0 Å². The van der Waals surface area contributed by atoms with E-state index in [-0.39, 0.29) is 0 Å². The number of aryl methyl sites for hydroxylation is 2. The van der Waals surface area contributed by atoms with E-state index >= 15 is 0 Å². The molecule has 4 rings (SSSR count). The molecule has 0 fully saturated rings. The van der Waals surface area contributed by atoms with E-state index in [2.05, 4.69) is 53.4 Å². The molecule has 0 amide bonds. The summed E-state index contributed by atoms with van der Waals surface area (Å²) >= 11 is 0. The summed E-state index contributed by atoms with van der Waals surface area (Å²) in [6, 6.07) is 10.3. The maximum absolute atomic E-state index is 5.56. The van der Waals surface area contributed by atoms with Gasteiger partial charge >= 0.3 is 0 Å². The predicted molar refractivity (Wildman–Crippen MR) is 83.8 cm³/mol. The Bertz CT molecular complexity index is 857. The SMILES string of the molecule is Cc1cccc(C)c1NC1=NCc2ccc3ncoc3c21. The third-order valence-electron chi connectivity index (χ3n) is 3.95. The van der Waals surface area contributed by atoms with Crippen molar-refractivity contribution in [2.45, 2.75) is 20.4 Å². The molecular weight excluding hydrogens is 262 g/mol. The van der Waals surface area contributed by atoms with Crippen LogP contribution in [-0.2, 0) is 6.54 Å². The van der Waals surface area contributed by atoms with Crippen LogP contribution in [0.5, 0.6) is 0 Å². The first-order valence-corrected chi connectivity index (χ1v) is 6.97. The van der Waals surface area contributed by atoms with Crippen molar-refractivity contribution in [1.82, 2.24) is 4.98 Å². The second-order valence-electron chi connectivity index (χ2n) is 5.36. The minimum absolute atomic E-state index is 0.680. The summed E-state index contributed by atoms with van der Waals surface area (Å²) in [5.74, 6) is 0.866. The van der Waals surface area contributed by atoms with Crippen molar-refractivity contribution in [1.29, 1.82) is 0 Å². The van der Waals surface area contributed by atoms with Crippen molar-refractivity contribution >= 4 is 22.6 Å². The van der Waals surface area contributed by atoms with Crippen molar-refractivity contribution in [2.24, 2.45) is 4.99 Å². The van der Waals surface area contributed by atoms with Crippen LogP contribution in [0.2, 0.25) is 0 Å². The van der Waals surface area contributed by atoms with Crippen LogP contribution in [0.1, 0.15) is 22.3 Å². The van der Waals surface area contributed by atoms with E-state index in [0.29, 0.717) is 6.54 Å². The normalized spacial score (nSPS) is 13.3. The maximum atomic E-state index is 5.56. The Morgan fingerprint density at radius 3 is 2.71 bits per heavy atom. The number of rotatable bonds is 1. The number of hydrogen-bond acceptors (Lipinski definition) is 4. The fourth-order valence-corrected chi connectivity index (χ4v) is 2.84. The average Bonchev–Trinajstić information content (AvgIpc) is 3.09. The third-order valence-corrected chi connectivity index (χ3v) is 3.95. The maximum Gasteiger partial charge on any atom is 0.182 e. The quantitative estimate of drug-likeness (QED) is 0.735. The molecule has 104 valence electrons. The van der Waals surface area contributed by atoms with Crippen LogP contribution in [0.15, 0.2) is 46.1 Å². The highest BCUT2D eigenvalue weighted by Crippen LogP contribution is 2.29. The molecule has 2 aromatic carbocycles. The zero-order valence-electron chi connectivity index (χ0n) is 12.0. The first kappa shape index (κ1) is 12.1. The molecule has 2 heterocycles. The molecule has 1 aromatic heterocycles. The second kappa shape index (κ2) is 4.45. The lowest BCUT2D eigenvalue weighted by Crippen LogP contribution is -2.13. The summed E-state index contributed by atoms with van der Waals surface area (Å²) in [6.07, 6.45) is 1.49. The molecule has 1 aliphatic heterocycles. The summed E-state index contributed by atoms with van der Waals surface area (Å²) in [5, 5.41) is 3.48. The molecule has 0 saturated heterocycles. The van der Waals surface area contributed by atoms with E-state index in [0.717, 1.165) is 28.2 Å². The molecule has 0 aliphatic carbocycles. The van der Waals surface area contributed by atoms with E-state index in [4.69, 9.17) is 4.42 Å². The molecule has 0 radical (unpaired) electrons. The van der Waals surface area contributed by atoms with Gasteiger partial charge in [0.05, 0.1) is 12.1 Å². The lowest BCUT2D eigenvalue weighted by atomic mass is 10.1. The number of amidine groups is 1. The molecule has 1 N–H and O–H groups in total. The van der Waals surface area contributed by atoms with Crippen molar-refractivity contribution in [3.63, 3.8) is 0 Å². The number of fused-ring (bicyclic) bond motifs is 3. The van der Waals surface area contributed by atoms with E-state index in [1.54, 1.807) is 0 Å². The Balaban J connectivity index is 1.82. The highest BCUT2D eigenvalue weighted by molar-refractivity contribution is 6.16. The lowest BCUT2D eigenvalue weighted by Gasteiger charge is -2.13. The minimum Gasteiger partial charge on any atom is -0.443 e. The number of nitrogens with zero attached hydrogens (tertiary/aromatic N) is 2. The predicted octanol–water partition coefficient (Wildman–Crippen LogP) is 3.82. The van der Waals surface area contributed by atoms with Gasteiger partial charge in [0.1, 0.15) is 11.4 Å². The van der Waals surface area contributed by atoms with Crippen LogP contribution in [0.4, 0.5) is 5.69 Å². The monoisotopic (exact) mass is 277 g/mol. The Hall–Kier alpha value is -2.62. The van der Waals surface area contributed by atoms with Gasteiger partial charge in [0.2, 0.25) is 0 Å². The average molecular weight is 277 g/mol. The van der Waals surface area contributed by atoms with Crippen molar-refractivity contribution in [2.75, 3.05) is 5.32 Å². The molecule has 1 aliphatic rings. The summed E-state index contributed by atoms with van der Waals surface area (Å²) in [7, 11) is 0. The second-order valence-corrected chi connectivity index (χ2v) is 5.36. The van der Waals surface area contributed by atoms with Gasteiger partial charge in [-0.15, -0.1) is 0 Å². The number of hydrogen-bond donors (Lipinski definition) is 1. The number of benzene rings is 2. The van der Waals surface area contributed by atoms with Crippen molar-refractivity contribution in [3.05, 3.63) is 59.0 Å². The Kier molecular flexibility index (Phi) is 2.57. The van der Waals surface area contributed by atoms with Crippen LogP contribution in [-0.4, -0.2) is 10.8 Å². The number of para-hydroxylation sites is 1. The number of oxazole rings is 1. The number of anilines is 1. The molecule has 4 nitrogen and oxygen atoms in total. The van der Waals surface area contributed by atoms with Crippen LogP contribution >= 0.6 is 0 Å². The molecular formula is C17H15N3O. The van der Waals surface area contributed by atoms with Crippen LogP contribution in [0, 0.1) is 13.8 Å². The molecule has 0 atom stereocenters. The van der Waals surface area contributed by atoms with Gasteiger partial charge in [-0.2, -0.15) is 0 Å². The highest BCUT2D eigenvalue weighted by Gasteiger charge is 2.22. The Labute approximate surface area is 122 Å². The van der Waals surface area contributed by atoms with Gasteiger partial charge in [-0.05, 0) is 36.6 Å². The Morgan fingerprint density at radius 1 is 1.10 bits per heavy atom. The third kappa shape index (κ3) is 1.83. The molecule has 0 spiro atoms. The Morgan fingerprint density at radius 2 is 1.90 bits per heavy atom. The van der Waals surface area contributed by atoms with Crippen LogP contribution < -0.4 is 5.32 Å². The fraction of sp³-hybridized carbons (Fsp3) is 0.176. The van der Waals surface area contributed by atoms with Crippen molar-refractivity contribution < 1.29 is 4.42 Å². The molecule has 0 unspecified atom stereocenters. The highest BCUT2D eigenvalue weighted by atomic mass is 16.3. The molecule has 3 aromatic rings. The first-order valence-electron chi connectivity index (χ1n) is 6.97. The van der Waals surface area contributed by atoms with E-state index in [1.807, 2.05) is 6.07 Å². The summed E-state index contributed by atoms with van der Waals surface area (Å²) in [4.78, 5) is 8.85. The van der Waals surface area contributed by atoms with Gasteiger partial charge < -0.3 is 9.73 Å². The van der Waals surface area contributed by atoms with E-state index < -0.39 is 0 Å². The van der Waals surface area contributed by atoms with Gasteiger partial charge in [0.15, 0.2) is 12.0 Å². The number of aromatic nitrogens is 1. The fourth-order valence-electron chi connectivity index (χ4n) is 2.84. The molecule has 4 heteroatoms. The van der Waals surface area contributed by atoms with Gasteiger partial charge in [0, 0.05) is 5.69 Å². The topological polar surface area (TPSA) is 50.4 Å². The zero-order valence-corrected chi connectivity index (χ0v) is 12.0. The van der Waals surface area contributed by atoms with Gasteiger partial charge in [-0.3, -0.25) is 4.99 Å². The summed E-state index contributed by atoms with van der Waals surface area (Å²) < 4.78 is 5.56. The van der Waals surface area contributed by atoms with E-state index in [1.165, 1.54) is 23.1 Å². The number of aliphatic imine (C=N–C) groups is 1. The zero-order chi connectivity index (χ0) is 14.4. The smallest absolute Gasteiger partial charge is 0.182 e. The molecule has 21 heavy (non-hydrogen) atoms. The van der Waals surface area contributed by atoms with Gasteiger partial charge in [0.25, 0.3) is 0 Å². The van der Waals surface area contributed by atoms with E-state index in [9.17, 15) is 0 Å². The minimum atomic E-state index is 0.680.